The third-order valence-electron chi connectivity index (χ3n) is 5.08. The number of nitrogens with zero attached hydrogens (tertiary/aromatic N) is 1. The number of methoxy groups -OCH3 is 1. The van der Waals surface area contributed by atoms with Crippen LogP contribution in [-0.4, -0.2) is 19.8 Å². The van der Waals surface area contributed by atoms with Crippen molar-refractivity contribution in [1.29, 1.82) is 0 Å². The van der Waals surface area contributed by atoms with E-state index in [0.29, 0.717) is 22.6 Å². The van der Waals surface area contributed by atoms with Crippen molar-refractivity contribution in [3.8, 4) is 5.75 Å². The van der Waals surface area contributed by atoms with Crippen molar-refractivity contribution in [3.05, 3.63) is 89.5 Å². The van der Waals surface area contributed by atoms with Crippen LogP contribution < -0.4 is 10.1 Å². The molecule has 162 valence electrons. The fraction of sp³-hybridized carbons (Fsp3) is 0.182. The van der Waals surface area contributed by atoms with Crippen molar-refractivity contribution in [1.82, 2.24) is 4.31 Å². The lowest BCUT2D eigenvalue weighted by Crippen LogP contribution is -2.42. The maximum atomic E-state index is 13.4. The fourth-order valence-electron chi connectivity index (χ4n) is 3.53. The molecule has 5 nitrogen and oxygen atoms in total. The Labute approximate surface area is 178 Å². The Morgan fingerprint density at radius 3 is 2.39 bits per heavy atom. The molecule has 1 N–H and O–H groups in total. The molecule has 4 rings (SSSR count). The molecule has 1 atom stereocenters. The molecule has 31 heavy (non-hydrogen) atoms. The number of benzene rings is 3. The molecule has 0 aromatic heterocycles. The topological polar surface area (TPSA) is 58.6 Å². The van der Waals surface area contributed by atoms with Crippen LogP contribution in [0, 0.1) is 0 Å². The zero-order chi connectivity index (χ0) is 22.2. The van der Waals surface area contributed by atoms with Crippen LogP contribution in [0.3, 0.4) is 0 Å². The molecule has 0 bridgehead atoms. The number of hydrogen-bond acceptors (Lipinski definition) is 4. The molecular weight excluding hydrogens is 429 g/mol. The van der Waals surface area contributed by atoms with Gasteiger partial charge in [-0.1, -0.05) is 36.4 Å². The minimum Gasteiger partial charge on any atom is -0.497 e. The van der Waals surface area contributed by atoms with E-state index >= 15 is 0 Å². The predicted octanol–water partition coefficient (Wildman–Crippen LogP) is 5.03. The van der Waals surface area contributed by atoms with Crippen molar-refractivity contribution in [2.24, 2.45) is 0 Å². The second-order valence-electron chi connectivity index (χ2n) is 7.06. The average Bonchev–Trinajstić information content (AvgIpc) is 2.75. The number of para-hydroxylation sites is 1. The number of anilines is 1. The summed E-state index contributed by atoms with van der Waals surface area (Å²) in [5.41, 5.74) is 0.680. The minimum atomic E-state index is -4.47. The lowest BCUT2D eigenvalue weighted by molar-refractivity contribution is -0.137. The third kappa shape index (κ3) is 4.11. The van der Waals surface area contributed by atoms with Gasteiger partial charge in [-0.2, -0.15) is 17.5 Å². The van der Waals surface area contributed by atoms with Crippen LogP contribution in [0.15, 0.2) is 77.7 Å². The summed E-state index contributed by atoms with van der Waals surface area (Å²) in [5.74, 6) is 0.575. The van der Waals surface area contributed by atoms with Gasteiger partial charge < -0.3 is 10.1 Å². The largest absolute Gasteiger partial charge is 0.497 e. The quantitative estimate of drug-likeness (QED) is 0.608. The monoisotopic (exact) mass is 448 g/mol. The number of rotatable bonds is 4. The van der Waals surface area contributed by atoms with Gasteiger partial charge in [0.25, 0.3) is 0 Å². The summed E-state index contributed by atoms with van der Waals surface area (Å²) in [5, 5.41) is 3.16. The van der Waals surface area contributed by atoms with E-state index < -0.39 is 27.9 Å². The summed E-state index contributed by atoms with van der Waals surface area (Å²) >= 11 is 0. The highest BCUT2D eigenvalue weighted by Crippen LogP contribution is 2.40. The third-order valence-corrected chi connectivity index (χ3v) is 6.95. The number of nitrogens with one attached hydrogen (secondary N) is 1. The molecular formula is C22H19F3N2O3S. The highest BCUT2D eigenvalue weighted by Gasteiger charge is 2.39. The highest BCUT2D eigenvalue weighted by atomic mass is 32.2. The van der Waals surface area contributed by atoms with E-state index in [9.17, 15) is 21.6 Å². The molecule has 1 heterocycles. The molecule has 0 radical (unpaired) electrons. The Morgan fingerprint density at radius 2 is 1.71 bits per heavy atom. The molecule has 0 unspecified atom stereocenters. The minimum absolute atomic E-state index is 0.00650. The van der Waals surface area contributed by atoms with Gasteiger partial charge in [0.15, 0.2) is 0 Å². The van der Waals surface area contributed by atoms with Crippen LogP contribution >= 0.6 is 0 Å². The molecule has 0 spiro atoms. The van der Waals surface area contributed by atoms with E-state index in [0.717, 1.165) is 12.1 Å². The zero-order valence-electron chi connectivity index (χ0n) is 16.4. The Bertz CT molecular complexity index is 1200. The summed E-state index contributed by atoms with van der Waals surface area (Å²) in [4.78, 5) is 0.112. The summed E-state index contributed by atoms with van der Waals surface area (Å²) in [6.45, 7) is 0.00650. The van der Waals surface area contributed by atoms with Gasteiger partial charge in [-0.25, -0.2) is 8.42 Å². The smallest absolute Gasteiger partial charge is 0.416 e. The van der Waals surface area contributed by atoms with Crippen LogP contribution in [0.5, 0.6) is 5.75 Å². The van der Waals surface area contributed by atoms with Gasteiger partial charge in [0.05, 0.1) is 18.4 Å². The van der Waals surface area contributed by atoms with Crippen molar-refractivity contribution in [2.45, 2.75) is 23.8 Å². The lowest BCUT2D eigenvalue weighted by Gasteiger charge is -2.37. The number of hydrogen-bond donors (Lipinski definition) is 1. The average molecular weight is 448 g/mol. The van der Waals surface area contributed by atoms with E-state index in [1.807, 2.05) is 0 Å². The highest BCUT2D eigenvalue weighted by molar-refractivity contribution is 7.89. The standard InChI is InChI=1S/C22H19F3N2O3S/c1-30-18-6-4-5-15(13-18)14-27-21(16-9-11-17(12-10-16)22(23,24)25)26-19-7-2-3-8-20(19)31(27,28)29/h2-13,21,26H,14H2,1H3/t21-/m1/s1. The first kappa shape index (κ1) is 21.2. The molecule has 0 fully saturated rings. The maximum Gasteiger partial charge on any atom is 0.416 e. The van der Waals surface area contributed by atoms with Crippen LogP contribution in [0.2, 0.25) is 0 Å². The van der Waals surface area contributed by atoms with Gasteiger partial charge in [-0.15, -0.1) is 0 Å². The Hall–Kier alpha value is -3.04. The number of sulfonamides is 1. The first-order chi connectivity index (χ1) is 14.7. The molecule has 0 amide bonds. The number of ether oxygens (including phenoxy) is 1. The predicted molar refractivity (Wildman–Crippen MR) is 110 cm³/mol. The number of fused-ring (bicyclic) bond motifs is 1. The summed E-state index contributed by atoms with van der Waals surface area (Å²) in [7, 11) is -2.42. The van der Waals surface area contributed by atoms with Gasteiger partial charge in [0.1, 0.15) is 16.8 Å². The van der Waals surface area contributed by atoms with Crippen LogP contribution in [-0.2, 0) is 22.7 Å². The van der Waals surface area contributed by atoms with E-state index in [1.165, 1.54) is 29.6 Å². The first-order valence-corrected chi connectivity index (χ1v) is 10.8. The van der Waals surface area contributed by atoms with Gasteiger partial charge in [-0.05, 0) is 47.5 Å². The van der Waals surface area contributed by atoms with Crippen molar-refractivity contribution < 1.29 is 26.3 Å². The molecule has 1 aliphatic rings. The molecule has 0 aliphatic carbocycles. The summed E-state index contributed by atoms with van der Waals surface area (Å²) in [6, 6.07) is 17.9. The van der Waals surface area contributed by atoms with Gasteiger partial charge in [0.2, 0.25) is 10.0 Å². The van der Waals surface area contributed by atoms with Crippen LogP contribution in [0.25, 0.3) is 0 Å². The van der Waals surface area contributed by atoms with E-state index in [1.54, 1.807) is 42.5 Å². The van der Waals surface area contributed by atoms with Crippen molar-refractivity contribution in [2.75, 3.05) is 12.4 Å². The van der Waals surface area contributed by atoms with E-state index in [4.69, 9.17) is 4.74 Å². The van der Waals surface area contributed by atoms with Crippen LogP contribution in [0.1, 0.15) is 22.9 Å². The van der Waals surface area contributed by atoms with Crippen LogP contribution in [0.4, 0.5) is 18.9 Å². The SMILES string of the molecule is COc1cccc(CN2[C@H](c3ccc(C(F)(F)F)cc3)Nc3ccccc3S2(=O)=O)c1. The maximum absolute atomic E-state index is 13.4. The molecule has 3 aromatic rings. The molecule has 0 saturated heterocycles. The molecule has 9 heteroatoms. The van der Waals surface area contributed by atoms with Gasteiger partial charge >= 0.3 is 6.18 Å². The Balaban J connectivity index is 1.79. The van der Waals surface area contributed by atoms with Gasteiger partial charge in [-0.3, -0.25) is 0 Å². The second-order valence-corrected chi connectivity index (χ2v) is 8.92. The zero-order valence-corrected chi connectivity index (χ0v) is 17.2. The first-order valence-electron chi connectivity index (χ1n) is 9.37. The Kier molecular flexibility index (Phi) is 5.40. The molecule has 0 saturated carbocycles. The normalized spacial score (nSPS) is 18.1. The fourth-order valence-corrected chi connectivity index (χ4v) is 5.21. The summed E-state index contributed by atoms with van der Waals surface area (Å²) < 4.78 is 72.3. The second kappa shape index (κ2) is 7.90. The van der Waals surface area contributed by atoms with E-state index in [-0.39, 0.29) is 11.4 Å². The van der Waals surface area contributed by atoms with Gasteiger partial charge in [0, 0.05) is 6.54 Å². The Morgan fingerprint density at radius 1 is 1.00 bits per heavy atom. The molecule has 1 aliphatic heterocycles. The summed E-state index contributed by atoms with van der Waals surface area (Å²) in [6.07, 6.45) is -5.36. The van der Waals surface area contributed by atoms with Crippen molar-refractivity contribution >= 4 is 15.7 Å². The number of alkyl halides is 3. The lowest BCUT2D eigenvalue weighted by atomic mass is 10.1. The number of halogens is 3. The van der Waals surface area contributed by atoms with Crippen molar-refractivity contribution in [3.63, 3.8) is 0 Å². The van der Waals surface area contributed by atoms with E-state index in [2.05, 4.69) is 5.32 Å². The molecule has 3 aromatic carbocycles.